The summed E-state index contributed by atoms with van der Waals surface area (Å²) in [6.45, 7) is 0.338. The summed E-state index contributed by atoms with van der Waals surface area (Å²) in [5, 5.41) is 13.1. The van der Waals surface area contributed by atoms with Crippen LogP contribution in [-0.2, 0) is 16.1 Å². The average molecular weight is 436 g/mol. The Morgan fingerprint density at radius 2 is 2.24 bits per heavy atom. The van der Waals surface area contributed by atoms with Crippen molar-refractivity contribution in [2.45, 2.75) is 18.2 Å². The van der Waals surface area contributed by atoms with Gasteiger partial charge < -0.3 is 14.6 Å². The van der Waals surface area contributed by atoms with Crippen molar-refractivity contribution < 1.29 is 23.2 Å². The number of hydrogen-bond acceptors (Lipinski definition) is 9. The van der Waals surface area contributed by atoms with Crippen molar-refractivity contribution in [1.29, 1.82) is 0 Å². The maximum Gasteiger partial charge on any atom is 0.324 e. The summed E-state index contributed by atoms with van der Waals surface area (Å²) in [4.78, 5) is 40.6. The summed E-state index contributed by atoms with van der Waals surface area (Å²) in [5.41, 5.74) is 0.601. The molecule has 0 aliphatic carbocycles. The second kappa shape index (κ2) is 8.13. The van der Waals surface area contributed by atoms with E-state index in [0.29, 0.717) is 15.3 Å². The predicted molar refractivity (Wildman–Crippen MR) is 102 cm³/mol. The lowest BCUT2D eigenvalue weighted by Crippen LogP contribution is -2.48. The van der Waals surface area contributed by atoms with Gasteiger partial charge in [-0.2, -0.15) is 0 Å². The van der Waals surface area contributed by atoms with Gasteiger partial charge in [-0.15, -0.1) is 10.2 Å². The molecule has 2 N–H and O–H groups in total. The van der Waals surface area contributed by atoms with E-state index in [1.807, 2.05) is 0 Å². The van der Waals surface area contributed by atoms with Crippen molar-refractivity contribution in [2.24, 2.45) is 0 Å². The fraction of sp³-hybridized carbons (Fsp3) is 0.250. The fourth-order valence-corrected chi connectivity index (χ4v) is 4.00. The molecule has 0 bridgehead atoms. The maximum absolute atomic E-state index is 13.2. The van der Waals surface area contributed by atoms with Gasteiger partial charge in [-0.25, -0.2) is 14.2 Å². The zero-order valence-corrected chi connectivity index (χ0v) is 16.3. The summed E-state index contributed by atoms with van der Waals surface area (Å²) in [6, 6.07) is 3.70. The molecule has 1 saturated heterocycles. The zero-order chi connectivity index (χ0) is 20.4. The first-order chi connectivity index (χ1) is 14.0. The highest BCUT2D eigenvalue weighted by Crippen LogP contribution is 2.27. The third kappa shape index (κ3) is 4.68. The number of imide groups is 1. The predicted octanol–water partition coefficient (Wildman–Crippen LogP) is 1.99. The number of aromatic nitrogens is 3. The summed E-state index contributed by atoms with van der Waals surface area (Å²) >= 11 is 2.21. The van der Waals surface area contributed by atoms with Gasteiger partial charge in [0, 0.05) is 13.0 Å². The van der Waals surface area contributed by atoms with Crippen molar-refractivity contribution in [3.8, 4) is 0 Å². The van der Waals surface area contributed by atoms with Crippen molar-refractivity contribution in [3.05, 3.63) is 29.9 Å². The minimum atomic E-state index is -0.510. The summed E-state index contributed by atoms with van der Waals surface area (Å²) in [7, 11) is 0. The van der Waals surface area contributed by atoms with Crippen LogP contribution >= 0.6 is 23.1 Å². The number of carbonyl (C=O) groups is 3. The van der Waals surface area contributed by atoms with Crippen molar-refractivity contribution in [1.82, 2.24) is 25.4 Å². The lowest BCUT2D eigenvalue weighted by Gasteiger charge is -2.24. The highest BCUT2D eigenvalue weighted by atomic mass is 32.2. The van der Waals surface area contributed by atoms with Gasteiger partial charge in [0.25, 0.3) is 5.22 Å². The largest absolute Gasteiger partial charge is 0.414 e. The Morgan fingerprint density at radius 3 is 3.07 bits per heavy atom. The molecule has 4 amide bonds. The van der Waals surface area contributed by atoms with Gasteiger partial charge in [0.05, 0.1) is 16.0 Å². The van der Waals surface area contributed by atoms with Crippen LogP contribution in [0.2, 0.25) is 0 Å². The normalized spacial score (nSPS) is 14.3. The van der Waals surface area contributed by atoms with Crippen LogP contribution in [0.25, 0.3) is 10.2 Å². The smallest absolute Gasteiger partial charge is 0.324 e. The van der Waals surface area contributed by atoms with E-state index < -0.39 is 6.03 Å². The average Bonchev–Trinajstić information content (AvgIpc) is 3.28. The first kappa shape index (κ1) is 19.3. The third-order valence-electron chi connectivity index (χ3n) is 3.84. The summed E-state index contributed by atoms with van der Waals surface area (Å²) in [6.07, 6.45) is 0.208. The molecular formula is C16H13FN6O4S2. The number of thioether (sulfide) groups is 1. The number of nitrogens with zero attached hydrogens (tertiary/aromatic N) is 4. The number of thiazole rings is 1. The van der Waals surface area contributed by atoms with Crippen LogP contribution in [0.3, 0.4) is 0 Å². The van der Waals surface area contributed by atoms with Crippen LogP contribution in [0, 0.1) is 5.82 Å². The van der Waals surface area contributed by atoms with Crippen molar-refractivity contribution in [2.75, 3.05) is 17.6 Å². The number of hydrogen-bond donors (Lipinski definition) is 2. The molecule has 0 spiro atoms. The molecule has 4 rings (SSSR count). The lowest BCUT2D eigenvalue weighted by atomic mass is 10.3. The van der Waals surface area contributed by atoms with E-state index in [-0.39, 0.29) is 54.0 Å². The monoisotopic (exact) mass is 436 g/mol. The molecule has 1 fully saturated rings. The molecule has 3 aromatic rings. The zero-order valence-electron chi connectivity index (χ0n) is 14.7. The van der Waals surface area contributed by atoms with Gasteiger partial charge in [0.15, 0.2) is 5.13 Å². The van der Waals surface area contributed by atoms with Gasteiger partial charge in [0.1, 0.15) is 12.4 Å². The second-order valence-electron chi connectivity index (χ2n) is 5.95. The van der Waals surface area contributed by atoms with Crippen LogP contribution in [0.5, 0.6) is 0 Å². The van der Waals surface area contributed by atoms with Gasteiger partial charge in [0.2, 0.25) is 17.7 Å². The van der Waals surface area contributed by atoms with E-state index in [2.05, 4.69) is 25.8 Å². The molecule has 1 aromatic carbocycles. The van der Waals surface area contributed by atoms with Crippen LogP contribution in [0.15, 0.2) is 27.8 Å². The molecule has 13 heteroatoms. The number of halogens is 1. The van der Waals surface area contributed by atoms with Gasteiger partial charge in [-0.05, 0) is 18.2 Å². The van der Waals surface area contributed by atoms with E-state index in [4.69, 9.17) is 4.42 Å². The SMILES string of the molecule is O=C1CCN(Cc2nnc(SCC(=O)Nc3nc4ccc(F)cc4s3)o2)C(=O)N1. The number of benzene rings is 1. The minimum Gasteiger partial charge on any atom is -0.414 e. The van der Waals surface area contributed by atoms with Crippen LogP contribution in [0.1, 0.15) is 12.3 Å². The molecule has 1 aliphatic heterocycles. The number of nitrogens with one attached hydrogen (secondary N) is 2. The molecular weight excluding hydrogens is 423 g/mol. The first-order valence-corrected chi connectivity index (χ1v) is 10.2. The highest BCUT2D eigenvalue weighted by Gasteiger charge is 2.24. The third-order valence-corrected chi connectivity index (χ3v) is 5.59. The lowest BCUT2D eigenvalue weighted by molar-refractivity contribution is -0.121. The molecule has 0 unspecified atom stereocenters. The summed E-state index contributed by atoms with van der Waals surface area (Å²) in [5.74, 6) is -0.813. The van der Waals surface area contributed by atoms with E-state index in [1.54, 1.807) is 6.07 Å². The molecule has 0 radical (unpaired) electrons. The number of rotatable bonds is 6. The Bertz CT molecular complexity index is 1100. The number of anilines is 1. The summed E-state index contributed by atoms with van der Waals surface area (Å²) < 4.78 is 19.3. The topological polar surface area (TPSA) is 130 Å². The number of carbonyl (C=O) groups excluding carboxylic acids is 3. The quantitative estimate of drug-likeness (QED) is 0.561. The Kier molecular flexibility index (Phi) is 5.40. The molecule has 0 atom stereocenters. The molecule has 29 heavy (non-hydrogen) atoms. The number of fused-ring (bicyclic) bond motifs is 1. The van der Waals surface area contributed by atoms with Crippen LogP contribution in [-0.4, -0.2) is 50.2 Å². The van der Waals surface area contributed by atoms with Crippen LogP contribution in [0.4, 0.5) is 14.3 Å². The number of urea groups is 1. The molecule has 150 valence electrons. The molecule has 3 heterocycles. The van der Waals surface area contributed by atoms with E-state index in [1.165, 1.54) is 28.4 Å². The fourth-order valence-electron chi connectivity index (χ4n) is 2.51. The molecule has 0 saturated carbocycles. The van der Waals surface area contributed by atoms with Gasteiger partial charge in [-0.1, -0.05) is 23.1 Å². The molecule has 2 aromatic heterocycles. The Morgan fingerprint density at radius 1 is 1.38 bits per heavy atom. The standard InChI is InChI=1S/C16H13FN6O4S2/c17-8-1-2-9-10(5-8)29-14(18-9)19-12(25)7-28-16-22-21-13(27-16)6-23-4-3-11(24)20-15(23)26/h1-2,5H,3-4,6-7H2,(H,18,19,25)(H,20,24,26). The number of amides is 4. The second-order valence-corrected chi connectivity index (χ2v) is 7.91. The van der Waals surface area contributed by atoms with Gasteiger partial charge in [-0.3, -0.25) is 14.9 Å². The van der Waals surface area contributed by atoms with E-state index >= 15 is 0 Å². The van der Waals surface area contributed by atoms with E-state index in [9.17, 15) is 18.8 Å². The van der Waals surface area contributed by atoms with Crippen molar-refractivity contribution >= 4 is 56.3 Å². The Balaban J connectivity index is 1.29. The van der Waals surface area contributed by atoms with Gasteiger partial charge >= 0.3 is 6.03 Å². The van der Waals surface area contributed by atoms with E-state index in [0.717, 1.165) is 11.8 Å². The van der Waals surface area contributed by atoms with Crippen LogP contribution < -0.4 is 10.6 Å². The van der Waals surface area contributed by atoms with Crippen molar-refractivity contribution in [3.63, 3.8) is 0 Å². The molecule has 10 nitrogen and oxygen atoms in total. The highest BCUT2D eigenvalue weighted by molar-refractivity contribution is 7.99. The first-order valence-electron chi connectivity index (χ1n) is 8.36. The Labute approximate surface area is 170 Å². The maximum atomic E-state index is 13.2. The minimum absolute atomic E-state index is 0.00459. The Hall–Kier alpha value is -3.06. The molecule has 1 aliphatic rings.